The number of para-hydroxylation sites is 2. The van der Waals surface area contributed by atoms with E-state index >= 15 is 0 Å². The monoisotopic (exact) mass is 426 g/mol. The van der Waals surface area contributed by atoms with E-state index in [4.69, 9.17) is 9.68 Å². The standard InChI is InChI=1S/C28H30N2O2/c1-17-14-20-24-19-11-7-9-13-23(19)30(32-5)27(24)25(26(20)28(2,3)15-17)21-16-29(31-4)22-12-8-6-10-18(21)22/h6-14,16,20,25-26H,15H2,1-5H3/t20-,25+,26-/m0/s1. The van der Waals surface area contributed by atoms with Crippen molar-refractivity contribution in [2.45, 2.75) is 39.0 Å². The van der Waals surface area contributed by atoms with E-state index in [0.29, 0.717) is 11.8 Å². The zero-order chi connectivity index (χ0) is 22.2. The van der Waals surface area contributed by atoms with Crippen molar-refractivity contribution >= 4 is 21.8 Å². The molecule has 0 saturated carbocycles. The van der Waals surface area contributed by atoms with Crippen LogP contribution in [-0.4, -0.2) is 23.7 Å². The summed E-state index contributed by atoms with van der Waals surface area (Å²) in [6.07, 6.45) is 5.83. The lowest BCUT2D eigenvalue weighted by Crippen LogP contribution is -2.34. The van der Waals surface area contributed by atoms with Crippen LogP contribution in [0.5, 0.6) is 0 Å². The summed E-state index contributed by atoms with van der Waals surface area (Å²) in [7, 11) is 3.53. The largest absolute Gasteiger partial charge is 0.417 e. The number of benzene rings is 2. The third-order valence-corrected chi connectivity index (χ3v) is 7.81. The van der Waals surface area contributed by atoms with Crippen molar-refractivity contribution in [2.75, 3.05) is 14.2 Å². The van der Waals surface area contributed by atoms with Crippen molar-refractivity contribution in [3.63, 3.8) is 0 Å². The molecule has 0 fully saturated rings. The Morgan fingerprint density at radius 1 is 0.906 bits per heavy atom. The van der Waals surface area contributed by atoms with Crippen LogP contribution in [0.25, 0.3) is 21.8 Å². The number of fused-ring (bicyclic) bond motifs is 6. The maximum Gasteiger partial charge on any atom is 0.104 e. The lowest BCUT2D eigenvalue weighted by Gasteiger charge is -2.43. The van der Waals surface area contributed by atoms with E-state index in [0.717, 1.165) is 17.5 Å². The second kappa shape index (κ2) is 6.68. The molecule has 0 unspecified atom stereocenters. The highest BCUT2D eigenvalue weighted by Gasteiger charge is 2.53. The number of rotatable bonds is 3. The zero-order valence-corrected chi connectivity index (χ0v) is 19.4. The Bertz CT molecular complexity index is 1390. The second-order valence-corrected chi connectivity index (χ2v) is 10.1. The van der Waals surface area contributed by atoms with Gasteiger partial charge in [-0.1, -0.05) is 61.9 Å². The van der Waals surface area contributed by atoms with E-state index in [9.17, 15) is 0 Å². The average Bonchev–Trinajstić information content (AvgIpc) is 3.41. The molecule has 2 heterocycles. The van der Waals surface area contributed by atoms with Crippen LogP contribution in [0.15, 0.2) is 66.4 Å². The third kappa shape index (κ3) is 2.44. The summed E-state index contributed by atoms with van der Waals surface area (Å²) in [6, 6.07) is 17.2. The Morgan fingerprint density at radius 2 is 1.59 bits per heavy atom. The first kappa shape index (κ1) is 19.5. The molecule has 0 spiro atoms. The molecule has 2 aliphatic rings. The van der Waals surface area contributed by atoms with E-state index in [2.05, 4.69) is 86.3 Å². The fraction of sp³-hybridized carbons (Fsp3) is 0.357. The number of nitrogens with zero attached hydrogens (tertiary/aromatic N) is 2. The molecule has 0 saturated heterocycles. The molecule has 2 aliphatic carbocycles. The molecule has 0 amide bonds. The Morgan fingerprint density at radius 3 is 2.31 bits per heavy atom. The summed E-state index contributed by atoms with van der Waals surface area (Å²) in [6.45, 7) is 7.17. The van der Waals surface area contributed by atoms with Crippen molar-refractivity contribution in [1.82, 2.24) is 9.46 Å². The minimum Gasteiger partial charge on any atom is -0.417 e. The molecule has 4 nitrogen and oxygen atoms in total. The van der Waals surface area contributed by atoms with Crippen LogP contribution in [0.3, 0.4) is 0 Å². The van der Waals surface area contributed by atoms with Crippen LogP contribution in [0.2, 0.25) is 0 Å². The van der Waals surface area contributed by atoms with Gasteiger partial charge in [-0.2, -0.15) is 9.46 Å². The summed E-state index contributed by atoms with van der Waals surface area (Å²) in [4.78, 5) is 11.8. The van der Waals surface area contributed by atoms with Gasteiger partial charge in [0.25, 0.3) is 0 Å². The first-order chi connectivity index (χ1) is 15.5. The predicted molar refractivity (Wildman–Crippen MR) is 129 cm³/mol. The number of allylic oxidation sites excluding steroid dienone is 2. The quantitative estimate of drug-likeness (QED) is 0.380. The van der Waals surface area contributed by atoms with Gasteiger partial charge >= 0.3 is 0 Å². The van der Waals surface area contributed by atoms with Gasteiger partial charge in [0.05, 0.1) is 16.7 Å². The lowest BCUT2D eigenvalue weighted by molar-refractivity contribution is 0.145. The minimum atomic E-state index is 0.156. The molecule has 6 rings (SSSR count). The van der Waals surface area contributed by atoms with Gasteiger partial charge in [-0.3, -0.25) is 0 Å². The van der Waals surface area contributed by atoms with Gasteiger partial charge in [0.1, 0.15) is 14.2 Å². The topological polar surface area (TPSA) is 28.3 Å². The molecule has 3 atom stereocenters. The smallest absolute Gasteiger partial charge is 0.104 e. The van der Waals surface area contributed by atoms with Gasteiger partial charge in [0, 0.05) is 28.8 Å². The van der Waals surface area contributed by atoms with Crippen LogP contribution in [0.4, 0.5) is 0 Å². The van der Waals surface area contributed by atoms with Crippen LogP contribution in [0, 0.1) is 11.3 Å². The Kier molecular flexibility index (Phi) is 4.08. The lowest BCUT2D eigenvalue weighted by atomic mass is 9.61. The molecule has 0 bridgehead atoms. The second-order valence-electron chi connectivity index (χ2n) is 10.1. The Hall–Kier alpha value is -3.14. The first-order valence-corrected chi connectivity index (χ1v) is 11.5. The SMILES string of the molecule is COn1cc([C@H]2c3c(c4ccccc4n3OC)[C@@H]3C=C(C)CC(C)(C)[C@H]23)c2ccccc21. The molecule has 4 heteroatoms. The van der Waals surface area contributed by atoms with Crippen molar-refractivity contribution < 1.29 is 9.68 Å². The predicted octanol–water partition coefficient (Wildman–Crippen LogP) is 5.93. The first-order valence-electron chi connectivity index (χ1n) is 11.5. The molecule has 0 aliphatic heterocycles. The molecule has 0 radical (unpaired) electrons. The van der Waals surface area contributed by atoms with Crippen molar-refractivity contribution in [2.24, 2.45) is 11.3 Å². The normalized spacial score (nSPS) is 23.8. The van der Waals surface area contributed by atoms with Crippen molar-refractivity contribution in [3.8, 4) is 0 Å². The molecule has 164 valence electrons. The Balaban J connectivity index is 1.73. The van der Waals surface area contributed by atoms with E-state index in [-0.39, 0.29) is 11.3 Å². The minimum absolute atomic E-state index is 0.156. The summed E-state index contributed by atoms with van der Waals surface area (Å²) in [5.41, 5.74) is 7.93. The molecular weight excluding hydrogens is 396 g/mol. The van der Waals surface area contributed by atoms with Gasteiger partial charge in [0.2, 0.25) is 0 Å². The van der Waals surface area contributed by atoms with Gasteiger partial charge in [-0.05, 0) is 47.9 Å². The average molecular weight is 427 g/mol. The van der Waals surface area contributed by atoms with Crippen LogP contribution in [-0.2, 0) is 0 Å². The summed E-state index contributed by atoms with van der Waals surface area (Å²) >= 11 is 0. The highest BCUT2D eigenvalue weighted by atomic mass is 16.6. The maximum absolute atomic E-state index is 6.07. The van der Waals surface area contributed by atoms with Gasteiger partial charge in [0.15, 0.2) is 0 Å². The van der Waals surface area contributed by atoms with E-state index in [1.807, 2.05) is 4.73 Å². The number of hydrogen-bond acceptors (Lipinski definition) is 2. The Labute approximate surface area is 189 Å². The summed E-state index contributed by atoms with van der Waals surface area (Å²) in [5.74, 6) is 1.02. The van der Waals surface area contributed by atoms with Crippen molar-refractivity contribution in [3.05, 3.63) is 83.2 Å². The molecule has 4 aromatic rings. The van der Waals surface area contributed by atoms with Crippen LogP contribution in [0.1, 0.15) is 55.8 Å². The van der Waals surface area contributed by atoms with Crippen molar-refractivity contribution in [1.29, 1.82) is 0 Å². The third-order valence-electron chi connectivity index (χ3n) is 7.81. The number of hydrogen-bond donors (Lipinski definition) is 0. The summed E-state index contributed by atoms with van der Waals surface area (Å²) < 4.78 is 4.00. The zero-order valence-electron chi connectivity index (χ0n) is 19.4. The molecular formula is C28H30N2O2. The fourth-order valence-electron chi connectivity index (χ4n) is 6.89. The van der Waals surface area contributed by atoms with Gasteiger partial charge in [-0.25, -0.2) is 0 Å². The molecule has 2 aromatic heterocycles. The van der Waals surface area contributed by atoms with Gasteiger partial charge < -0.3 is 9.68 Å². The molecule has 32 heavy (non-hydrogen) atoms. The highest BCUT2D eigenvalue weighted by molar-refractivity contribution is 5.90. The number of aromatic nitrogens is 2. The van der Waals surface area contributed by atoms with Crippen LogP contribution >= 0.6 is 0 Å². The van der Waals surface area contributed by atoms with E-state index in [1.54, 1.807) is 14.2 Å². The molecule has 2 aromatic carbocycles. The highest BCUT2D eigenvalue weighted by Crippen LogP contribution is 2.63. The van der Waals surface area contributed by atoms with Crippen LogP contribution < -0.4 is 9.68 Å². The fourth-order valence-corrected chi connectivity index (χ4v) is 6.89. The maximum atomic E-state index is 6.07. The van der Waals surface area contributed by atoms with E-state index < -0.39 is 0 Å². The molecule has 0 N–H and O–H groups in total. The van der Waals surface area contributed by atoms with E-state index in [1.165, 1.54) is 33.2 Å². The van der Waals surface area contributed by atoms with Gasteiger partial charge in [-0.15, -0.1) is 0 Å². The summed E-state index contributed by atoms with van der Waals surface area (Å²) in [5, 5.41) is 2.56.